The first-order valence-corrected chi connectivity index (χ1v) is 10.2. The quantitative estimate of drug-likeness (QED) is 0.549. The largest absolute Gasteiger partial charge is 0.469 e. The predicted molar refractivity (Wildman–Crippen MR) is 102 cm³/mol. The van der Waals surface area contributed by atoms with E-state index in [9.17, 15) is 9.59 Å². The minimum atomic E-state index is -0.108. The van der Waals surface area contributed by atoms with Crippen LogP contribution < -0.4 is 15.1 Å². The van der Waals surface area contributed by atoms with Crippen molar-refractivity contribution in [1.29, 1.82) is 0 Å². The fraction of sp³-hybridized carbons (Fsp3) is 0.619. The summed E-state index contributed by atoms with van der Waals surface area (Å²) in [5.41, 5.74) is 1.38. The zero-order valence-electron chi connectivity index (χ0n) is 16.3. The van der Waals surface area contributed by atoms with Crippen LogP contribution in [-0.2, 0) is 20.9 Å². The Morgan fingerprint density at radius 1 is 1.00 bits per heavy atom. The molecule has 2 aliphatic rings. The van der Waals surface area contributed by atoms with Gasteiger partial charge in [-0.1, -0.05) is 30.3 Å². The first-order valence-electron chi connectivity index (χ1n) is 10.2. The molecule has 0 bridgehead atoms. The average Bonchev–Trinajstić information content (AvgIpc) is 2.70. The van der Waals surface area contributed by atoms with Crippen LogP contribution in [0.3, 0.4) is 0 Å². The number of rotatable bonds is 6. The number of quaternary nitrogens is 2. The molecule has 1 amide bonds. The number of piperidine rings is 2. The first kappa shape index (κ1) is 19.8. The minimum Gasteiger partial charge on any atom is -0.469 e. The Balaban J connectivity index is 1.33. The van der Waals surface area contributed by atoms with Gasteiger partial charge in [0.1, 0.15) is 6.54 Å². The average molecular weight is 376 g/mol. The monoisotopic (exact) mass is 375 g/mol. The third-order valence-corrected chi connectivity index (χ3v) is 5.99. The fourth-order valence-electron chi connectivity index (χ4n) is 4.34. The highest BCUT2D eigenvalue weighted by atomic mass is 16.5. The Labute approximate surface area is 161 Å². The van der Waals surface area contributed by atoms with Crippen LogP contribution in [0.5, 0.6) is 0 Å². The normalized spacial score (nSPS) is 28.3. The van der Waals surface area contributed by atoms with Gasteiger partial charge in [-0.25, -0.2) is 0 Å². The van der Waals surface area contributed by atoms with Gasteiger partial charge in [0, 0.05) is 37.3 Å². The maximum atomic E-state index is 12.4. The predicted octanol–water partition coefficient (Wildman–Crippen LogP) is -1.18. The van der Waals surface area contributed by atoms with Crippen LogP contribution in [0, 0.1) is 5.92 Å². The van der Waals surface area contributed by atoms with Gasteiger partial charge in [0.15, 0.2) is 6.54 Å². The molecule has 0 aliphatic carbocycles. The fourth-order valence-corrected chi connectivity index (χ4v) is 4.34. The summed E-state index contributed by atoms with van der Waals surface area (Å²) in [4.78, 5) is 26.9. The SMILES string of the molecule is COC(=O)C1CC[NH+](CC(=O)NC2CC[NH+](Cc3ccccc3)CC2)CC1. The molecule has 148 valence electrons. The van der Waals surface area contributed by atoms with E-state index < -0.39 is 0 Å². The highest BCUT2D eigenvalue weighted by molar-refractivity contribution is 5.77. The molecule has 0 saturated carbocycles. The third-order valence-electron chi connectivity index (χ3n) is 5.99. The lowest BCUT2D eigenvalue weighted by atomic mass is 9.97. The van der Waals surface area contributed by atoms with Gasteiger partial charge in [-0.15, -0.1) is 0 Å². The molecular formula is C21H33N3O3+2. The number of hydrogen-bond donors (Lipinski definition) is 3. The molecule has 2 heterocycles. The van der Waals surface area contributed by atoms with Gasteiger partial charge in [0.05, 0.1) is 39.2 Å². The van der Waals surface area contributed by atoms with Gasteiger partial charge in [-0.05, 0) is 0 Å². The van der Waals surface area contributed by atoms with E-state index in [0.717, 1.165) is 58.4 Å². The van der Waals surface area contributed by atoms with Crippen molar-refractivity contribution in [3.05, 3.63) is 35.9 Å². The van der Waals surface area contributed by atoms with Crippen molar-refractivity contribution in [1.82, 2.24) is 5.32 Å². The summed E-state index contributed by atoms with van der Waals surface area (Å²) in [6.07, 6.45) is 3.73. The van der Waals surface area contributed by atoms with Crippen LogP contribution in [0.1, 0.15) is 31.2 Å². The summed E-state index contributed by atoms with van der Waals surface area (Å²) in [5.74, 6) is 0.0556. The molecule has 0 aromatic heterocycles. The lowest BCUT2D eigenvalue weighted by molar-refractivity contribution is -0.918. The van der Waals surface area contributed by atoms with Crippen molar-refractivity contribution in [2.24, 2.45) is 5.92 Å². The van der Waals surface area contributed by atoms with Crippen molar-refractivity contribution < 1.29 is 24.1 Å². The van der Waals surface area contributed by atoms with Crippen LogP contribution in [0.15, 0.2) is 30.3 Å². The van der Waals surface area contributed by atoms with Crippen LogP contribution >= 0.6 is 0 Å². The number of methoxy groups -OCH3 is 1. The maximum absolute atomic E-state index is 12.4. The molecular weight excluding hydrogens is 342 g/mol. The molecule has 2 saturated heterocycles. The van der Waals surface area contributed by atoms with Crippen molar-refractivity contribution in [2.45, 2.75) is 38.3 Å². The summed E-state index contributed by atoms with van der Waals surface area (Å²) in [7, 11) is 1.45. The molecule has 6 heteroatoms. The van der Waals surface area contributed by atoms with E-state index in [4.69, 9.17) is 4.74 Å². The molecule has 0 radical (unpaired) electrons. The summed E-state index contributed by atoms with van der Waals surface area (Å²) in [6.45, 7) is 5.54. The molecule has 0 atom stereocenters. The van der Waals surface area contributed by atoms with Gasteiger partial charge in [0.25, 0.3) is 5.91 Å². The number of likely N-dealkylation sites (tertiary alicyclic amines) is 2. The molecule has 1 aromatic rings. The van der Waals surface area contributed by atoms with Crippen LogP contribution in [0.25, 0.3) is 0 Å². The van der Waals surface area contributed by atoms with Gasteiger partial charge in [0.2, 0.25) is 0 Å². The van der Waals surface area contributed by atoms with E-state index in [0.29, 0.717) is 12.6 Å². The van der Waals surface area contributed by atoms with E-state index >= 15 is 0 Å². The summed E-state index contributed by atoms with van der Waals surface area (Å²) >= 11 is 0. The number of amides is 1. The molecule has 0 unspecified atom stereocenters. The van der Waals surface area contributed by atoms with Crippen LogP contribution in [0.4, 0.5) is 0 Å². The molecule has 3 rings (SSSR count). The Bertz CT molecular complexity index is 606. The topological polar surface area (TPSA) is 64.3 Å². The van der Waals surface area contributed by atoms with E-state index in [-0.39, 0.29) is 17.8 Å². The summed E-state index contributed by atoms with van der Waals surface area (Å²) < 4.78 is 4.82. The Morgan fingerprint density at radius 2 is 1.63 bits per heavy atom. The number of carbonyl (C=O) groups excluding carboxylic acids is 2. The number of carbonyl (C=O) groups is 2. The van der Waals surface area contributed by atoms with Gasteiger partial charge in [-0.2, -0.15) is 0 Å². The molecule has 6 nitrogen and oxygen atoms in total. The highest BCUT2D eigenvalue weighted by Gasteiger charge is 2.30. The van der Waals surface area contributed by atoms with Crippen molar-refractivity contribution >= 4 is 11.9 Å². The number of benzene rings is 1. The molecule has 3 N–H and O–H groups in total. The molecule has 27 heavy (non-hydrogen) atoms. The Kier molecular flexibility index (Phi) is 7.24. The van der Waals surface area contributed by atoms with Gasteiger partial charge in [-0.3, -0.25) is 9.59 Å². The third kappa shape index (κ3) is 6.04. The van der Waals surface area contributed by atoms with E-state index in [1.807, 2.05) is 0 Å². The highest BCUT2D eigenvalue weighted by Crippen LogP contribution is 2.10. The number of nitrogens with one attached hydrogen (secondary N) is 3. The number of ether oxygens (including phenoxy) is 1. The second-order valence-corrected chi connectivity index (χ2v) is 7.98. The van der Waals surface area contributed by atoms with E-state index in [2.05, 4.69) is 35.6 Å². The molecule has 1 aromatic carbocycles. The van der Waals surface area contributed by atoms with Crippen LogP contribution in [-0.4, -0.2) is 57.8 Å². The van der Waals surface area contributed by atoms with Crippen molar-refractivity contribution in [3.8, 4) is 0 Å². The zero-order valence-corrected chi connectivity index (χ0v) is 16.3. The van der Waals surface area contributed by atoms with E-state index in [1.54, 1.807) is 4.90 Å². The lowest BCUT2D eigenvalue weighted by Gasteiger charge is -2.31. The maximum Gasteiger partial charge on any atom is 0.309 e. The second-order valence-electron chi connectivity index (χ2n) is 7.98. The van der Waals surface area contributed by atoms with E-state index in [1.165, 1.54) is 17.6 Å². The standard InChI is InChI=1S/C21H31N3O3/c1-27-21(26)18-7-11-24(12-8-18)16-20(25)22-19-9-13-23(14-10-19)15-17-5-3-2-4-6-17/h2-6,18-19H,7-16H2,1H3,(H,22,25)/p+2. The van der Waals surface area contributed by atoms with Gasteiger partial charge >= 0.3 is 5.97 Å². The Hall–Kier alpha value is -1.92. The summed E-state index contributed by atoms with van der Waals surface area (Å²) in [5, 5.41) is 3.23. The molecule has 2 fully saturated rings. The number of esters is 1. The lowest BCUT2D eigenvalue weighted by Crippen LogP contribution is -3.14. The van der Waals surface area contributed by atoms with Crippen molar-refractivity contribution in [3.63, 3.8) is 0 Å². The first-order chi connectivity index (χ1) is 13.1. The minimum absolute atomic E-state index is 0.0127. The zero-order chi connectivity index (χ0) is 19.1. The van der Waals surface area contributed by atoms with Crippen LogP contribution in [0.2, 0.25) is 0 Å². The van der Waals surface area contributed by atoms with Crippen molar-refractivity contribution in [2.75, 3.05) is 39.8 Å². The number of hydrogen-bond acceptors (Lipinski definition) is 3. The Morgan fingerprint density at radius 3 is 2.26 bits per heavy atom. The smallest absolute Gasteiger partial charge is 0.309 e. The second kappa shape index (κ2) is 9.85. The summed E-state index contributed by atoms with van der Waals surface area (Å²) in [6, 6.07) is 10.9. The molecule has 2 aliphatic heterocycles. The molecule has 0 spiro atoms. The van der Waals surface area contributed by atoms with Gasteiger partial charge < -0.3 is 19.9 Å².